The van der Waals surface area contributed by atoms with Gasteiger partial charge in [-0.15, -0.1) is 37.1 Å². The number of rotatable bonds is 7. The van der Waals surface area contributed by atoms with Gasteiger partial charge in [0.15, 0.2) is 5.96 Å². The van der Waals surface area contributed by atoms with Gasteiger partial charge < -0.3 is 20.4 Å². The molecule has 0 aliphatic rings. The fraction of sp³-hybridized carbons (Fsp3) is 0.182. The number of hydrogen-bond acceptors (Lipinski definition) is 3. The van der Waals surface area contributed by atoms with E-state index >= 15 is 0 Å². The van der Waals surface area contributed by atoms with Gasteiger partial charge in [-0.3, -0.25) is 4.79 Å². The Balaban J connectivity index is 0.00000363. The monoisotopic (exact) mass is 558 g/mol. The summed E-state index contributed by atoms with van der Waals surface area (Å²) >= 11 is 0. The Labute approximate surface area is 200 Å². The normalized spacial score (nSPS) is 11.5. The molecular formula is C22H22F3IN4O2. The van der Waals surface area contributed by atoms with Crippen LogP contribution in [0.25, 0.3) is 0 Å². The van der Waals surface area contributed by atoms with Gasteiger partial charge in [0.25, 0.3) is 5.56 Å². The average molecular weight is 558 g/mol. The molecular weight excluding hydrogens is 536 g/mol. The molecule has 170 valence electrons. The first-order valence-electron chi connectivity index (χ1n) is 9.40. The van der Waals surface area contributed by atoms with Gasteiger partial charge >= 0.3 is 6.36 Å². The van der Waals surface area contributed by atoms with Crippen LogP contribution in [-0.2, 0) is 19.6 Å². The molecule has 0 unspecified atom stereocenters. The van der Waals surface area contributed by atoms with E-state index < -0.39 is 6.36 Å². The number of halogens is 4. The molecule has 3 rings (SSSR count). The highest BCUT2D eigenvalue weighted by Gasteiger charge is 2.30. The molecule has 0 fully saturated rings. The van der Waals surface area contributed by atoms with E-state index in [-0.39, 0.29) is 47.8 Å². The maximum atomic E-state index is 12.2. The number of ether oxygens (including phenoxy) is 1. The van der Waals surface area contributed by atoms with Crippen LogP contribution in [-0.4, -0.2) is 16.9 Å². The Bertz CT molecular complexity index is 1080. The summed E-state index contributed by atoms with van der Waals surface area (Å²) in [6.07, 6.45) is -2.97. The number of nitrogens with one attached hydrogen (secondary N) is 1. The zero-order valence-corrected chi connectivity index (χ0v) is 19.2. The highest BCUT2D eigenvalue weighted by atomic mass is 127. The van der Waals surface area contributed by atoms with E-state index in [0.717, 1.165) is 11.1 Å². The van der Waals surface area contributed by atoms with E-state index in [4.69, 9.17) is 5.73 Å². The van der Waals surface area contributed by atoms with Crippen molar-refractivity contribution in [1.82, 2.24) is 9.88 Å². The summed E-state index contributed by atoms with van der Waals surface area (Å²) in [5.41, 5.74) is 8.48. The number of aliphatic imine (C=N–C) groups is 1. The molecule has 6 nitrogen and oxygen atoms in total. The Morgan fingerprint density at radius 1 is 0.969 bits per heavy atom. The number of pyridine rings is 1. The third-order valence-electron chi connectivity index (χ3n) is 4.34. The van der Waals surface area contributed by atoms with E-state index in [2.05, 4.69) is 15.0 Å². The number of hydrogen-bond donors (Lipinski definition) is 2. The van der Waals surface area contributed by atoms with E-state index in [0.29, 0.717) is 18.7 Å². The van der Waals surface area contributed by atoms with Crippen LogP contribution in [0.4, 0.5) is 13.2 Å². The average Bonchev–Trinajstić information content (AvgIpc) is 2.73. The van der Waals surface area contributed by atoms with Crippen molar-refractivity contribution in [1.29, 1.82) is 0 Å². The molecule has 0 aliphatic heterocycles. The highest BCUT2D eigenvalue weighted by Crippen LogP contribution is 2.22. The number of nitrogens with two attached hydrogens (primary N) is 1. The van der Waals surface area contributed by atoms with E-state index in [1.54, 1.807) is 16.8 Å². The Morgan fingerprint density at radius 2 is 1.59 bits per heavy atom. The predicted molar refractivity (Wildman–Crippen MR) is 127 cm³/mol. The highest BCUT2D eigenvalue weighted by molar-refractivity contribution is 14.0. The zero-order valence-electron chi connectivity index (χ0n) is 16.9. The van der Waals surface area contributed by atoms with Gasteiger partial charge in [0, 0.05) is 18.8 Å². The van der Waals surface area contributed by atoms with Crippen LogP contribution in [0.15, 0.2) is 82.7 Å². The zero-order chi connectivity index (χ0) is 22.3. The summed E-state index contributed by atoms with van der Waals surface area (Å²) in [6, 6.07) is 18.2. The largest absolute Gasteiger partial charge is 0.573 e. The summed E-state index contributed by atoms with van der Waals surface area (Å²) in [6.45, 7) is 1.17. The maximum Gasteiger partial charge on any atom is 0.573 e. The van der Waals surface area contributed by atoms with E-state index in [1.807, 2.05) is 30.3 Å². The fourth-order valence-electron chi connectivity index (χ4n) is 2.77. The number of aromatic nitrogens is 1. The van der Waals surface area contributed by atoms with Gasteiger partial charge in [-0.25, -0.2) is 4.99 Å². The molecule has 0 spiro atoms. The summed E-state index contributed by atoms with van der Waals surface area (Å²) in [5.74, 6) is -0.0672. The lowest BCUT2D eigenvalue weighted by molar-refractivity contribution is -0.274. The second-order valence-corrected chi connectivity index (χ2v) is 6.73. The van der Waals surface area contributed by atoms with Crippen molar-refractivity contribution in [2.45, 2.75) is 26.0 Å². The van der Waals surface area contributed by atoms with Crippen LogP contribution in [0.1, 0.15) is 16.7 Å². The standard InChI is InChI=1S/C22H21F3N4O2.HI/c23-22(24,25)31-19-10-8-17(9-11-19)14-28-21(26)27-13-16-4-6-18(7-5-16)15-29-12-2-1-3-20(29)30;/h1-12H,13-15H2,(H3,26,27,28);1H. The van der Waals surface area contributed by atoms with Gasteiger partial charge in [-0.2, -0.15) is 0 Å². The predicted octanol–water partition coefficient (Wildman–Crippen LogP) is 4.02. The minimum Gasteiger partial charge on any atom is -0.406 e. The summed E-state index contributed by atoms with van der Waals surface area (Å²) in [5, 5.41) is 2.99. The van der Waals surface area contributed by atoms with Crippen LogP contribution in [0, 0.1) is 0 Å². The van der Waals surface area contributed by atoms with Crippen molar-refractivity contribution in [3.63, 3.8) is 0 Å². The molecule has 0 amide bonds. The molecule has 32 heavy (non-hydrogen) atoms. The quantitative estimate of drug-likeness (QED) is 0.261. The lowest BCUT2D eigenvalue weighted by Gasteiger charge is -2.09. The van der Waals surface area contributed by atoms with Crippen molar-refractivity contribution in [2.24, 2.45) is 10.7 Å². The van der Waals surface area contributed by atoms with Crippen molar-refractivity contribution in [3.8, 4) is 5.75 Å². The Morgan fingerprint density at radius 3 is 2.22 bits per heavy atom. The van der Waals surface area contributed by atoms with Gasteiger partial charge in [-0.05, 0) is 34.9 Å². The molecule has 0 saturated heterocycles. The van der Waals surface area contributed by atoms with E-state index in [1.165, 1.54) is 30.3 Å². The van der Waals surface area contributed by atoms with Crippen LogP contribution in [0.5, 0.6) is 5.75 Å². The topological polar surface area (TPSA) is 81.6 Å². The first-order valence-corrected chi connectivity index (χ1v) is 9.40. The second-order valence-electron chi connectivity index (χ2n) is 6.73. The number of nitrogens with zero attached hydrogens (tertiary/aromatic N) is 2. The van der Waals surface area contributed by atoms with Gasteiger partial charge in [0.2, 0.25) is 0 Å². The smallest absolute Gasteiger partial charge is 0.406 e. The Hall–Kier alpha value is -3.02. The summed E-state index contributed by atoms with van der Waals surface area (Å²) < 4.78 is 42.0. The molecule has 1 heterocycles. The molecule has 0 aliphatic carbocycles. The molecule has 0 atom stereocenters. The molecule has 2 aromatic carbocycles. The molecule has 0 radical (unpaired) electrons. The van der Waals surface area contributed by atoms with Crippen LogP contribution in [0.2, 0.25) is 0 Å². The molecule has 0 saturated carbocycles. The minimum atomic E-state index is -4.72. The molecule has 0 bridgehead atoms. The fourth-order valence-corrected chi connectivity index (χ4v) is 2.77. The number of benzene rings is 2. The first kappa shape index (κ1) is 25.2. The summed E-state index contributed by atoms with van der Waals surface area (Å²) in [7, 11) is 0. The van der Waals surface area contributed by atoms with Gasteiger partial charge in [-0.1, -0.05) is 42.5 Å². The molecule has 3 N–H and O–H groups in total. The van der Waals surface area contributed by atoms with Crippen LogP contribution < -0.4 is 21.3 Å². The SMILES string of the molecule is I.NC(=NCc1ccc(OC(F)(F)F)cc1)NCc1ccc(Cn2ccccc2=O)cc1. The van der Waals surface area contributed by atoms with Crippen LogP contribution in [0.3, 0.4) is 0 Å². The number of guanidine groups is 1. The Kier molecular flexibility index (Phi) is 9.12. The van der Waals surface area contributed by atoms with Gasteiger partial charge in [0.05, 0.1) is 13.1 Å². The molecule has 10 heteroatoms. The van der Waals surface area contributed by atoms with E-state index in [9.17, 15) is 18.0 Å². The third kappa shape index (κ3) is 8.25. The lowest BCUT2D eigenvalue weighted by Crippen LogP contribution is -2.31. The van der Waals surface area contributed by atoms with Crippen molar-refractivity contribution in [2.75, 3.05) is 0 Å². The first-order chi connectivity index (χ1) is 14.8. The van der Waals surface area contributed by atoms with Crippen molar-refractivity contribution in [3.05, 3.63) is 100.0 Å². The second kappa shape index (κ2) is 11.6. The van der Waals surface area contributed by atoms with Crippen LogP contribution >= 0.6 is 24.0 Å². The molecule has 1 aromatic heterocycles. The van der Waals surface area contributed by atoms with Gasteiger partial charge in [0.1, 0.15) is 5.75 Å². The summed E-state index contributed by atoms with van der Waals surface area (Å²) in [4.78, 5) is 16.0. The number of alkyl halides is 3. The lowest BCUT2D eigenvalue weighted by atomic mass is 10.1. The molecule has 3 aromatic rings. The minimum absolute atomic E-state index is 0. The third-order valence-corrected chi connectivity index (χ3v) is 4.34. The van der Waals surface area contributed by atoms with Crippen molar-refractivity contribution >= 4 is 29.9 Å². The van der Waals surface area contributed by atoms with Crippen molar-refractivity contribution < 1.29 is 17.9 Å². The maximum absolute atomic E-state index is 12.2.